The first-order chi connectivity index (χ1) is 8.17. The molecule has 0 radical (unpaired) electrons. The van der Waals surface area contributed by atoms with E-state index in [4.69, 9.17) is 5.73 Å². The minimum atomic E-state index is 0.129. The predicted octanol–water partition coefficient (Wildman–Crippen LogP) is 3.14. The number of nitrogens with two attached hydrogens (primary N) is 1. The van der Waals surface area contributed by atoms with Crippen LogP contribution in [0.5, 0.6) is 0 Å². The van der Waals surface area contributed by atoms with Gasteiger partial charge in [-0.2, -0.15) is 0 Å². The first-order valence-corrected chi connectivity index (χ1v) is 7.36. The fraction of sp³-hybridized carbons (Fsp3) is 0.571. The molecule has 3 heteroatoms. The van der Waals surface area contributed by atoms with Crippen molar-refractivity contribution >= 4 is 11.8 Å². The molecule has 1 rings (SSSR count). The van der Waals surface area contributed by atoms with Gasteiger partial charge in [-0.15, -0.1) is 11.8 Å². The van der Waals surface area contributed by atoms with Crippen molar-refractivity contribution in [2.75, 3.05) is 25.4 Å². The summed E-state index contributed by atoms with van der Waals surface area (Å²) in [6.07, 6.45) is 0. The molecule has 0 aliphatic heterocycles. The highest BCUT2D eigenvalue weighted by Gasteiger charge is 2.01. The highest BCUT2D eigenvalue weighted by atomic mass is 32.2. The van der Waals surface area contributed by atoms with Gasteiger partial charge >= 0.3 is 0 Å². The van der Waals surface area contributed by atoms with Gasteiger partial charge in [0.05, 0.1) is 0 Å². The van der Waals surface area contributed by atoms with Crippen molar-refractivity contribution in [1.29, 1.82) is 0 Å². The Hall–Kier alpha value is -0.510. The zero-order chi connectivity index (χ0) is 12.7. The molecule has 2 nitrogen and oxygen atoms in total. The monoisotopic (exact) mass is 252 g/mol. The highest BCUT2D eigenvalue weighted by Crippen LogP contribution is 2.20. The van der Waals surface area contributed by atoms with E-state index in [1.165, 1.54) is 10.5 Å². The van der Waals surface area contributed by atoms with Gasteiger partial charge in [0, 0.05) is 23.2 Å². The van der Waals surface area contributed by atoms with Crippen LogP contribution in [0.15, 0.2) is 29.2 Å². The third-order valence-corrected chi connectivity index (χ3v) is 3.97. The molecule has 96 valence electrons. The van der Waals surface area contributed by atoms with Crippen molar-refractivity contribution in [3.05, 3.63) is 29.8 Å². The molecule has 1 aromatic rings. The van der Waals surface area contributed by atoms with E-state index in [1.807, 2.05) is 18.7 Å². The second-order valence-electron chi connectivity index (χ2n) is 4.23. The number of benzene rings is 1. The summed E-state index contributed by atoms with van der Waals surface area (Å²) in [4.78, 5) is 3.78. The molecule has 0 unspecified atom stereocenters. The van der Waals surface area contributed by atoms with Crippen LogP contribution in [0.2, 0.25) is 0 Å². The van der Waals surface area contributed by atoms with Gasteiger partial charge in [0.25, 0.3) is 0 Å². The minimum absolute atomic E-state index is 0.129. The molecule has 0 heterocycles. The molecule has 1 aromatic carbocycles. The zero-order valence-corrected chi connectivity index (χ0v) is 12.0. The molecule has 0 aromatic heterocycles. The van der Waals surface area contributed by atoms with Crippen molar-refractivity contribution in [2.24, 2.45) is 5.73 Å². The Labute approximate surface area is 110 Å². The molecule has 0 saturated carbocycles. The quantitative estimate of drug-likeness (QED) is 0.756. The average Bonchev–Trinajstić information content (AvgIpc) is 2.35. The summed E-state index contributed by atoms with van der Waals surface area (Å²) >= 11 is 1.92. The molecule has 0 fully saturated rings. The lowest BCUT2D eigenvalue weighted by Gasteiger charge is -2.17. The van der Waals surface area contributed by atoms with Gasteiger partial charge in [0.15, 0.2) is 0 Å². The van der Waals surface area contributed by atoms with Gasteiger partial charge in [-0.1, -0.05) is 26.0 Å². The van der Waals surface area contributed by atoms with Crippen LogP contribution in [-0.4, -0.2) is 30.3 Å². The SMILES string of the molecule is CCN(CC)CCSc1ccc([C@H](C)N)cc1. The third-order valence-electron chi connectivity index (χ3n) is 2.98. The highest BCUT2D eigenvalue weighted by molar-refractivity contribution is 7.99. The van der Waals surface area contributed by atoms with E-state index in [-0.39, 0.29) is 6.04 Å². The van der Waals surface area contributed by atoms with Gasteiger partial charge in [0.2, 0.25) is 0 Å². The summed E-state index contributed by atoms with van der Waals surface area (Å²) in [5.74, 6) is 1.15. The summed E-state index contributed by atoms with van der Waals surface area (Å²) in [6, 6.07) is 8.73. The molecule has 0 bridgehead atoms. The fourth-order valence-electron chi connectivity index (χ4n) is 1.70. The van der Waals surface area contributed by atoms with Crippen LogP contribution in [0.25, 0.3) is 0 Å². The van der Waals surface area contributed by atoms with Crippen molar-refractivity contribution < 1.29 is 0 Å². The third kappa shape index (κ3) is 5.11. The van der Waals surface area contributed by atoms with Crippen LogP contribution < -0.4 is 5.73 Å². The van der Waals surface area contributed by atoms with Crippen LogP contribution >= 0.6 is 11.8 Å². The molecule has 2 N–H and O–H groups in total. The van der Waals surface area contributed by atoms with E-state index in [0.717, 1.165) is 25.4 Å². The Morgan fingerprint density at radius 3 is 2.24 bits per heavy atom. The van der Waals surface area contributed by atoms with Crippen molar-refractivity contribution in [3.63, 3.8) is 0 Å². The fourth-order valence-corrected chi connectivity index (χ4v) is 2.61. The Bertz CT molecular complexity index is 305. The molecule has 17 heavy (non-hydrogen) atoms. The molecule has 0 saturated heterocycles. The number of nitrogens with zero attached hydrogens (tertiary/aromatic N) is 1. The van der Waals surface area contributed by atoms with Crippen molar-refractivity contribution in [2.45, 2.75) is 31.7 Å². The minimum Gasteiger partial charge on any atom is -0.324 e. The average molecular weight is 252 g/mol. The van der Waals surface area contributed by atoms with E-state index >= 15 is 0 Å². The second-order valence-corrected chi connectivity index (χ2v) is 5.40. The first-order valence-electron chi connectivity index (χ1n) is 6.38. The van der Waals surface area contributed by atoms with E-state index in [0.29, 0.717) is 0 Å². The topological polar surface area (TPSA) is 29.3 Å². The number of thioether (sulfide) groups is 1. The van der Waals surface area contributed by atoms with Gasteiger partial charge in [-0.05, 0) is 37.7 Å². The Balaban J connectivity index is 2.37. The number of hydrogen-bond donors (Lipinski definition) is 1. The van der Waals surface area contributed by atoms with Gasteiger partial charge < -0.3 is 10.6 Å². The normalized spacial score (nSPS) is 13.0. The zero-order valence-electron chi connectivity index (χ0n) is 11.1. The van der Waals surface area contributed by atoms with Gasteiger partial charge in [-0.3, -0.25) is 0 Å². The standard InChI is InChI=1S/C14H24N2S/c1-4-16(5-2)10-11-17-14-8-6-13(7-9-14)12(3)15/h6-9,12H,4-5,10-11,15H2,1-3H3/t12-/m0/s1. The van der Waals surface area contributed by atoms with Crippen molar-refractivity contribution in [3.8, 4) is 0 Å². The molecular formula is C14H24N2S. The second kappa shape index (κ2) is 7.75. The number of hydrogen-bond acceptors (Lipinski definition) is 3. The summed E-state index contributed by atoms with van der Waals surface area (Å²) in [6.45, 7) is 9.88. The summed E-state index contributed by atoms with van der Waals surface area (Å²) in [5.41, 5.74) is 7.03. The smallest absolute Gasteiger partial charge is 0.0266 e. The summed E-state index contributed by atoms with van der Waals surface area (Å²) in [5, 5.41) is 0. The van der Waals surface area contributed by atoms with E-state index < -0.39 is 0 Å². The summed E-state index contributed by atoms with van der Waals surface area (Å²) in [7, 11) is 0. The van der Waals surface area contributed by atoms with Crippen LogP contribution in [0.4, 0.5) is 0 Å². The molecule has 0 aliphatic carbocycles. The van der Waals surface area contributed by atoms with E-state index in [2.05, 4.69) is 43.0 Å². The first kappa shape index (κ1) is 14.6. The van der Waals surface area contributed by atoms with Gasteiger partial charge in [-0.25, -0.2) is 0 Å². The molecule has 0 aliphatic rings. The van der Waals surface area contributed by atoms with E-state index in [9.17, 15) is 0 Å². The molecular weight excluding hydrogens is 228 g/mol. The lowest BCUT2D eigenvalue weighted by atomic mass is 10.1. The van der Waals surface area contributed by atoms with Crippen LogP contribution in [0.1, 0.15) is 32.4 Å². The van der Waals surface area contributed by atoms with Crippen molar-refractivity contribution in [1.82, 2.24) is 4.90 Å². The van der Waals surface area contributed by atoms with E-state index in [1.54, 1.807) is 0 Å². The van der Waals surface area contributed by atoms with Crippen LogP contribution in [0, 0.1) is 0 Å². The molecule has 1 atom stereocenters. The largest absolute Gasteiger partial charge is 0.324 e. The lowest BCUT2D eigenvalue weighted by molar-refractivity contribution is 0.324. The maximum atomic E-state index is 5.83. The maximum Gasteiger partial charge on any atom is 0.0266 e. The predicted molar refractivity (Wildman–Crippen MR) is 77.6 cm³/mol. The Morgan fingerprint density at radius 2 is 1.76 bits per heavy atom. The molecule has 0 amide bonds. The van der Waals surface area contributed by atoms with Crippen LogP contribution in [0.3, 0.4) is 0 Å². The lowest BCUT2D eigenvalue weighted by Crippen LogP contribution is -2.25. The van der Waals surface area contributed by atoms with Crippen LogP contribution in [-0.2, 0) is 0 Å². The Morgan fingerprint density at radius 1 is 1.18 bits per heavy atom. The maximum absolute atomic E-state index is 5.83. The Kier molecular flexibility index (Phi) is 6.63. The number of rotatable bonds is 7. The summed E-state index contributed by atoms with van der Waals surface area (Å²) < 4.78 is 0. The van der Waals surface area contributed by atoms with Gasteiger partial charge in [0.1, 0.15) is 0 Å². The molecule has 0 spiro atoms.